The van der Waals surface area contributed by atoms with Crippen LogP contribution >= 0.6 is 23.6 Å². The van der Waals surface area contributed by atoms with Crippen LogP contribution in [0.1, 0.15) is 41.8 Å². The maximum Gasteiger partial charge on any atom is 0.167 e. The second-order valence-corrected chi connectivity index (χ2v) is 8.54. The van der Waals surface area contributed by atoms with Crippen molar-refractivity contribution in [3.63, 3.8) is 0 Å². The third kappa shape index (κ3) is 6.55. The lowest BCUT2D eigenvalue weighted by Crippen LogP contribution is -2.40. The Labute approximate surface area is 178 Å². The van der Waals surface area contributed by atoms with E-state index >= 15 is 0 Å². The predicted octanol–water partition coefficient (Wildman–Crippen LogP) is 3.98. The van der Waals surface area contributed by atoms with Crippen LogP contribution in [0.3, 0.4) is 0 Å². The van der Waals surface area contributed by atoms with Crippen molar-refractivity contribution in [3.05, 3.63) is 57.8 Å². The van der Waals surface area contributed by atoms with E-state index in [2.05, 4.69) is 64.2 Å². The van der Waals surface area contributed by atoms with E-state index in [9.17, 15) is 0 Å². The van der Waals surface area contributed by atoms with Gasteiger partial charge in [0.1, 0.15) is 0 Å². The van der Waals surface area contributed by atoms with Gasteiger partial charge in [-0.25, -0.2) is 0 Å². The molecule has 28 heavy (non-hydrogen) atoms. The molecule has 1 fully saturated rings. The summed E-state index contributed by atoms with van der Waals surface area (Å²) in [6.45, 7) is 7.98. The zero-order chi connectivity index (χ0) is 19.6. The molecule has 0 spiro atoms. The monoisotopic (exact) mass is 417 g/mol. The molecule has 0 bridgehead atoms. The predicted molar refractivity (Wildman–Crippen MR) is 122 cm³/mol. The van der Waals surface area contributed by atoms with Crippen LogP contribution in [0.15, 0.2) is 41.8 Å². The molecule has 1 aliphatic heterocycles. The number of hydrogen-bond donors (Lipinski definition) is 2. The van der Waals surface area contributed by atoms with Gasteiger partial charge in [0.05, 0.1) is 19.3 Å². The Morgan fingerprint density at radius 3 is 2.68 bits per heavy atom. The average Bonchev–Trinajstić information content (AvgIpc) is 3.26. The molecule has 1 aliphatic rings. The fourth-order valence-electron chi connectivity index (χ4n) is 3.45. The van der Waals surface area contributed by atoms with E-state index < -0.39 is 0 Å². The van der Waals surface area contributed by atoms with Crippen molar-refractivity contribution >= 4 is 28.7 Å². The molecule has 0 amide bonds. The van der Waals surface area contributed by atoms with Gasteiger partial charge in [0.25, 0.3) is 0 Å². The summed E-state index contributed by atoms with van der Waals surface area (Å²) >= 11 is 7.35. The second-order valence-electron chi connectivity index (χ2n) is 7.15. The number of nitrogens with one attached hydrogen (secondary N) is 2. The smallest absolute Gasteiger partial charge is 0.167 e. The third-order valence-electron chi connectivity index (χ3n) is 5.00. The number of rotatable bonds is 9. The van der Waals surface area contributed by atoms with Crippen molar-refractivity contribution < 1.29 is 4.74 Å². The SMILES string of the molecule is CCCc1ccc([C@H](NC(=S)NCCCN2CCOCC2)c2cccs2)cc1. The van der Waals surface area contributed by atoms with Crippen LogP contribution in [-0.2, 0) is 11.2 Å². The summed E-state index contributed by atoms with van der Waals surface area (Å²) in [6.07, 6.45) is 3.38. The van der Waals surface area contributed by atoms with E-state index in [1.54, 1.807) is 11.3 Å². The van der Waals surface area contributed by atoms with Crippen LogP contribution in [0.2, 0.25) is 0 Å². The lowest BCUT2D eigenvalue weighted by molar-refractivity contribution is 0.0376. The summed E-state index contributed by atoms with van der Waals surface area (Å²) in [6, 6.07) is 13.3. The number of morpholine rings is 1. The van der Waals surface area contributed by atoms with Crippen LogP contribution in [0.25, 0.3) is 0 Å². The maximum absolute atomic E-state index is 5.59. The molecule has 152 valence electrons. The molecule has 1 saturated heterocycles. The van der Waals surface area contributed by atoms with Crippen molar-refractivity contribution in [1.29, 1.82) is 0 Å². The Kier molecular flexibility index (Phi) is 8.73. The summed E-state index contributed by atoms with van der Waals surface area (Å²) in [7, 11) is 0. The molecule has 6 heteroatoms. The van der Waals surface area contributed by atoms with E-state index in [4.69, 9.17) is 17.0 Å². The fourth-order valence-corrected chi connectivity index (χ4v) is 4.47. The number of benzene rings is 1. The molecule has 1 atom stereocenters. The molecule has 1 aromatic carbocycles. The van der Waals surface area contributed by atoms with Crippen molar-refractivity contribution in [1.82, 2.24) is 15.5 Å². The van der Waals surface area contributed by atoms with Gasteiger partial charge in [0.2, 0.25) is 0 Å². The zero-order valence-electron chi connectivity index (χ0n) is 16.7. The third-order valence-corrected chi connectivity index (χ3v) is 6.19. The topological polar surface area (TPSA) is 36.5 Å². The van der Waals surface area contributed by atoms with Gasteiger partial charge in [-0.1, -0.05) is 43.7 Å². The molecule has 0 aliphatic carbocycles. The van der Waals surface area contributed by atoms with E-state index in [-0.39, 0.29) is 6.04 Å². The Morgan fingerprint density at radius 1 is 1.21 bits per heavy atom. The minimum Gasteiger partial charge on any atom is -0.379 e. The standard InChI is InChI=1S/C22H31N3OS2/c1-2-5-18-7-9-19(10-8-18)21(20-6-3-17-28-20)24-22(27)23-11-4-12-25-13-15-26-16-14-25/h3,6-10,17,21H,2,4-5,11-16H2,1H3,(H2,23,24,27)/t21-/m0/s1. The number of thiophene rings is 1. The molecule has 4 nitrogen and oxygen atoms in total. The first-order valence-electron chi connectivity index (χ1n) is 10.2. The van der Waals surface area contributed by atoms with Crippen LogP contribution in [0.4, 0.5) is 0 Å². The van der Waals surface area contributed by atoms with Crippen molar-refractivity contribution in [2.75, 3.05) is 39.4 Å². The van der Waals surface area contributed by atoms with Crippen molar-refractivity contribution in [3.8, 4) is 0 Å². The van der Waals surface area contributed by atoms with Gasteiger partial charge in [0, 0.05) is 24.5 Å². The fraction of sp³-hybridized carbons (Fsp3) is 0.500. The lowest BCUT2D eigenvalue weighted by Gasteiger charge is -2.26. The summed E-state index contributed by atoms with van der Waals surface area (Å²) in [4.78, 5) is 3.73. The Hall–Kier alpha value is -1.47. The van der Waals surface area contributed by atoms with Crippen molar-refractivity contribution in [2.24, 2.45) is 0 Å². The summed E-state index contributed by atoms with van der Waals surface area (Å²) in [5.74, 6) is 0. The minimum atomic E-state index is 0.0925. The van der Waals surface area contributed by atoms with E-state index in [0.717, 1.165) is 57.3 Å². The number of hydrogen-bond acceptors (Lipinski definition) is 4. The number of aryl methyl sites for hydroxylation is 1. The van der Waals surface area contributed by atoms with Crippen LogP contribution in [0.5, 0.6) is 0 Å². The highest BCUT2D eigenvalue weighted by Gasteiger charge is 2.16. The quantitative estimate of drug-likeness (QED) is 0.477. The number of thiocarbonyl (C=S) groups is 1. The highest BCUT2D eigenvalue weighted by Crippen LogP contribution is 2.26. The van der Waals surface area contributed by atoms with Gasteiger partial charge in [0.15, 0.2) is 5.11 Å². The molecule has 0 radical (unpaired) electrons. The molecule has 0 saturated carbocycles. The van der Waals surface area contributed by atoms with E-state index in [1.807, 2.05) is 0 Å². The summed E-state index contributed by atoms with van der Waals surface area (Å²) < 4.78 is 5.40. The Morgan fingerprint density at radius 2 is 2.00 bits per heavy atom. The van der Waals surface area contributed by atoms with Gasteiger partial charge in [-0.2, -0.15) is 0 Å². The molecule has 2 aromatic rings. The Balaban J connectivity index is 1.52. The number of nitrogens with zero attached hydrogens (tertiary/aromatic N) is 1. The molecular weight excluding hydrogens is 386 g/mol. The molecule has 2 heterocycles. The van der Waals surface area contributed by atoms with E-state index in [1.165, 1.54) is 22.4 Å². The largest absolute Gasteiger partial charge is 0.379 e. The normalized spacial score (nSPS) is 15.9. The van der Waals surface area contributed by atoms with Gasteiger partial charge >= 0.3 is 0 Å². The highest BCUT2D eigenvalue weighted by atomic mass is 32.1. The van der Waals surface area contributed by atoms with E-state index in [0.29, 0.717) is 0 Å². The molecule has 3 rings (SSSR count). The zero-order valence-corrected chi connectivity index (χ0v) is 18.3. The molecule has 1 aromatic heterocycles. The summed E-state index contributed by atoms with van der Waals surface area (Å²) in [5, 5.41) is 9.75. The van der Waals surface area contributed by atoms with Gasteiger partial charge in [-0.15, -0.1) is 11.3 Å². The maximum atomic E-state index is 5.59. The molecule has 2 N–H and O–H groups in total. The van der Waals surface area contributed by atoms with Crippen molar-refractivity contribution in [2.45, 2.75) is 32.2 Å². The minimum absolute atomic E-state index is 0.0925. The first kappa shape index (κ1) is 21.2. The first-order valence-corrected chi connectivity index (χ1v) is 11.5. The van der Waals surface area contributed by atoms with Crippen LogP contribution in [-0.4, -0.2) is 49.4 Å². The highest BCUT2D eigenvalue weighted by molar-refractivity contribution is 7.80. The van der Waals surface area contributed by atoms with Crippen LogP contribution < -0.4 is 10.6 Å². The molecule has 0 unspecified atom stereocenters. The lowest BCUT2D eigenvalue weighted by atomic mass is 10.0. The number of ether oxygens (including phenoxy) is 1. The van der Waals surface area contributed by atoms with Gasteiger partial charge < -0.3 is 15.4 Å². The first-order chi connectivity index (χ1) is 13.8. The summed E-state index contributed by atoms with van der Waals surface area (Å²) in [5.41, 5.74) is 2.64. The second kappa shape index (κ2) is 11.5. The Bertz CT molecular complexity index is 697. The molecular formula is C22H31N3OS2. The van der Waals surface area contributed by atoms with Gasteiger partial charge in [-0.3, -0.25) is 4.90 Å². The van der Waals surface area contributed by atoms with Gasteiger partial charge in [-0.05, 0) is 54.2 Å². The van der Waals surface area contributed by atoms with Crippen LogP contribution in [0, 0.1) is 0 Å². The average molecular weight is 418 g/mol.